The number of benzene rings is 3. The Morgan fingerprint density at radius 3 is 2.60 bits per heavy atom. The second kappa shape index (κ2) is 11.0. The first-order valence-corrected chi connectivity index (χ1v) is 10.9. The van der Waals surface area contributed by atoms with Gasteiger partial charge in [-0.1, -0.05) is 23.2 Å². The molecule has 0 spiro atoms. The van der Waals surface area contributed by atoms with E-state index in [-0.39, 0.29) is 19.1 Å². The zero-order valence-electron chi connectivity index (χ0n) is 18.2. The minimum Gasteiger partial charge on any atom is -0.493 e. The number of ether oxygens (including phenoxy) is 5. The van der Waals surface area contributed by atoms with Gasteiger partial charge in [-0.3, -0.25) is 4.79 Å². The number of carbonyl (C=O) groups is 2. The highest BCUT2D eigenvalue weighted by molar-refractivity contribution is 6.35. The van der Waals surface area contributed by atoms with Crippen LogP contribution in [0.2, 0.25) is 10.0 Å². The number of esters is 1. The summed E-state index contributed by atoms with van der Waals surface area (Å²) in [5.41, 5.74) is 3.23. The van der Waals surface area contributed by atoms with Gasteiger partial charge in [-0.15, -0.1) is 0 Å². The summed E-state index contributed by atoms with van der Waals surface area (Å²) in [7, 11) is 1.44. The van der Waals surface area contributed by atoms with E-state index in [0.29, 0.717) is 44.2 Å². The maximum atomic E-state index is 12.5. The van der Waals surface area contributed by atoms with E-state index in [1.54, 1.807) is 48.5 Å². The molecule has 0 unspecified atom stereocenters. The van der Waals surface area contributed by atoms with E-state index in [0.717, 1.165) is 0 Å². The molecule has 0 aliphatic carbocycles. The van der Waals surface area contributed by atoms with E-state index in [4.69, 9.17) is 46.9 Å². The summed E-state index contributed by atoms with van der Waals surface area (Å²) >= 11 is 11.8. The van der Waals surface area contributed by atoms with Crippen LogP contribution in [0, 0.1) is 0 Å². The van der Waals surface area contributed by atoms with Crippen molar-refractivity contribution in [2.45, 2.75) is 0 Å². The standard InChI is InChI=1S/C24H18Cl2N2O7/c1-31-21-8-14(11-27-28-23(29)12-32-18-7-4-16(25)10-17(18)26)2-5-20(21)35-24(30)15-3-6-19-22(9-15)34-13-33-19/h2-11H,12-13H2,1H3,(H,28,29)/b27-11+. The minimum absolute atomic E-state index is 0.106. The van der Waals surface area contributed by atoms with Gasteiger partial charge in [0.15, 0.2) is 29.6 Å². The fourth-order valence-electron chi connectivity index (χ4n) is 2.98. The highest BCUT2D eigenvalue weighted by atomic mass is 35.5. The third-order valence-corrected chi connectivity index (χ3v) is 5.18. The normalized spacial score (nSPS) is 11.9. The fraction of sp³-hybridized carbons (Fsp3) is 0.125. The molecule has 0 radical (unpaired) electrons. The SMILES string of the molecule is COc1cc(/C=N/NC(=O)COc2ccc(Cl)cc2Cl)ccc1OC(=O)c1ccc2c(c1)OCO2. The second-order valence-electron chi connectivity index (χ2n) is 7.02. The average Bonchev–Trinajstić information content (AvgIpc) is 3.32. The molecular weight excluding hydrogens is 499 g/mol. The predicted molar refractivity (Wildman–Crippen MR) is 128 cm³/mol. The molecular formula is C24H18Cl2N2O7. The van der Waals surface area contributed by atoms with Crippen molar-refractivity contribution in [2.75, 3.05) is 20.5 Å². The number of fused-ring (bicyclic) bond motifs is 1. The van der Waals surface area contributed by atoms with E-state index < -0.39 is 11.9 Å². The number of halogens is 2. The van der Waals surface area contributed by atoms with Crippen molar-refractivity contribution in [1.29, 1.82) is 0 Å². The van der Waals surface area contributed by atoms with Crippen molar-refractivity contribution in [3.63, 3.8) is 0 Å². The second-order valence-corrected chi connectivity index (χ2v) is 7.87. The van der Waals surface area contributed by atoms with Crippen molar-refractivity contribution < 1.29 is 33.3 Å². The lowest BCUT2D eigenvalue weighted by molar-refractivity contribution is -0.123. The molecule has 0 aromatic heterocycles. The van der Waals surface area contributed by atoms with Gasteiger partial charge in [-0.05, 0) is 60.2 Å². The van der Waals surface area contributed by atoms with Crippen LogP contribution in [0.25, 0.3) is 0 Å². The predicted octanol–water partition coefficient (Wildman–Crippen LogP) is 4.48. The van der Waals surface area contributed by atoms with Crippen LogP contribution in [0.3, 0.4) is 0 Å². The molecule has 3 aromatic rings. The van der Waals surface area contributed by atoms with Gasteiger partial charge < -0.3 is 23.7 Å². The Morgan fingerprint density at radius 1 is 1.00 bits per heavy atom. The molecule has 0 bridgehead atoms. The molecule has 0 atom stereocenters. The van der Waals surface area contributed by atoms with Gasteiger partial charge in [0.1, 0.15) is 5.75 Å². The van der Waals surface area contributed by atoms with E-state index >= 15 is 0 Å². The zero-order valence-corrected chi connectivity index (χ0v) is 19.8. The molecule has 1 amide bonds. The summed E-state index contributed by atoms with van der Waals surface area (Å²) in [4.78, 5) is 24.5. The number of nitrogens with one attached hydrogen (secondary N) is 1. The van der Waals surface area contributed by atoms with Gasteiger partial charge in [0.25, 0.3) is 5.91 Å². The molecule has 0 fully saturated rings. The Kier molecular flexibility index (Phi) is 7.59. The highest BCUT2D eigenvalue weighted by Crippen LogP contribution is 2.34. The van der Waals surface area contributed by atoms with Gasteiger partial charge in [-0.2, -0.15) is 5.10 Å². The first-order chi connectivity index (χ1) is 16.9. The summed E-state index contributed by atoms with van der Waals surface area (Å²) < 4.78 is 26.7. The lowest BCUT2D eigenvalue weighted by Crippen LogP contribution is -2.24. The Balaban J connectivity index is 1.33. The molecule has 4 rings (SSSR count). The monoisotopic (exact) mass is 516 g/mol. The third kappa shape index (κ3) is 6.14. The Labute approximate surface area is 210 Å². The summed E-state index contributed by atoms with van der Waals surface area (Å²) in [6.45, 7) is -0.189. The number of hydrogen-bond donors (Lipinski definition) is 1. The Morgan fingerprint density at radius 2 is 1.80 bits per heavy atom. The number of amides is 1. The number of rotatable bonds is 8. The molecule has 1 aliphatic rings. The summed E-state index contributed by atoms with van der Waals surface area (Å²) in [6.07, 6.45) is 1.40. The third-order valence-electron chi connectivity index (χ3n) is 4.65. The molecule has 180 valence electrons. The van der Waals surface area contributed by atoms with Crippen molar-refractivity contribution in [3.8, 4) is 28.7 Å². The summed E-state index contributed by atoms with van der Waals surface area (Å²) in [5, 5.41) is 4.64. The first-order valence-electron chi connectivity index (χ1n) is 10.1. The summed E-state index contributed by atoms with van der Waals surface area (Å²) in [5.74, 6) is 0.798. The van der Waals surface area contributed by atoms with Crippen LogP contribution in [0.15, 0.2) is 59.7 Å². The molecule has 0 saturated heterocycles. The quantitative estimate of drug-likeness (QED) is 0.203. The zero-order chi connectivity index (χ0) is 24.8. The van der Waals surface area contributed by atoms with E-state index in [9.17, 15) is 9.59 Å². The number of hydrogen-bond acceptors (Lipinski definition) is 8. The molecule has 0 saturated carbocycles. The smallest absolute Gasteiger partial charge is 0.343 e. The molecule has 11 heteroatoms. The van der Waals surface area contributed by atoms with E-state index in [1.165, 1.54) is 19.4 Å². The van der Waals surface area contributed by atoms with E-state index in [1.807, 2.05) is 0 Å². The van der Waals surface area contributed by atoms with Crippen LogP contribution in [0.4, 0.5) is 0 Å². The lowest BCUT2D eigenvalue weighted by atomic mass is 10.2. The van der Waals surface area contributed by atoms with Gasteiger partial charge in [0, 0.05) is 5.02 Å². The number of nitrogens with zero attached hydrogens (tertiary/aromatic N) is 1. The Hall–Kier alpha value is -3.95. The van der Waals surface area contributed by atoms with Crippen molar-refractivity contribution in [3.05, 3.63) is 75.8 Å². The largest absolute Gasteiger partial charge is 0.493 e. The number of methoxy groups -OCH3 is 1. The van der Waals surface area contributed by atoms with Gasteiger partial charge >= 0.3 is 5.97 Å². The maximum absolute atomic E-state index is 12.5. The first kappa shape index (κ1) is 24.2. The van der Waals surface area contributed by atoms with Crippen molar-refractivity contribution >= 4 is 41.3 Å². The lowest BCUT2D eigenvalue weighted by Gasteiger charge is -2.10. The van der Waals surface area contributed by atoms with Gasteiger partial charge in [0.05, 0.1) is 23.9 Å². The average molecular weight is 517 g/mol. The van der Waals surface area contributed by atoms with Crippen molar-refractivity contribution in [1.82, 2.24) is 5.43 Å². The molecule has 35 heavy (non-hydrogen) atoms. The fourth-order valence-corrected chi connectivity index (χ4v) is 3.44. The molecule has 9 nitrogen and oxygen atoms in total. The van der Waals surface area contributed by atoms with Crippen LogP contribution in [0.5, 0.6) is 28.7 Å². The molecule has 3 aromatic carbocycles. The van der Waals surface area contributed by atoms with Crippen LogP contribution in [-0.2, 0) is 4.79 Å². The molecule has 1 N–H and O–H groups in total. The Bertz CT molecular complexity index is 1300. The number of hydrazone groups is 1. The van der Waals surface area contributed by atoms with Gasteiger partial charge in [0.2, 0.25) is 6.79 Å². The van der Waals surface area contributed by atoms with Crippen molar-refractivity contribution in [2.24, 2.45) is 5.10 Å². The summed E-state index contributed by atoms with van der Waals surface area (Å²) in [6, 6.07) is 14.2. The maximum Gasteiger partial charge on any atom is 0.343 e. The van der Waals surface area contributed by atoms with Crippen LogP contribution < -0.4 is 29.1 Å². The highest BCUT2D eigenvalue weighted by Gasteiger charge is 2.18. The van der Waals surface area contributed by atoms with E-state index in [2.05, 4.69) is 10.5 Å². The topological polar surface area (TPSA) is 105 Å². The van der Waals surface area contributed by atoms with Crippen LogP contribution in [0.1, 0.15) is 15.9 Å². The molecule has 1 aliphatic heterocycles. The van der Waals surface area contributed by atoms with Gasteiger partial charge in [-0.25, -0.2) is 10.2 Å². The van der Waals surface area contributed by atoms with Crippen LogP contribution in [-0.4, -0.2) is 38.6 Å². The number of carbonyl (C=O) groups excluding carboxylic acids is 2. The minimum atomic E-state index is -0.587. The van der Waals surface area contributed by atoms with Crippen LogP contribution >= 0.6 is 23.2 Å². The molecule has 1 heterocycles.